The number of nitrogens with one attached hydrogen (secondary N) is 1. The Morgan fingerprint density at radius 3 is 2.92 bits per heavy atom. The van der Waals surface area contributed by atoms with Gasteiger partial charge in [0.1, 0.15) is 5.82 Å². The lowest BCUT2D eigenvalue weighted by Gasteiger charge is -2.25. The van der Waals surface area contributed by atoms with Crippen molar-refractivity contribution in [2.45, 2.75) is 20.0 Å². The molecule has 26 heavy (non-hydrogen) atoms. The molecule has 3 aromatic rings. The molecular formula is C19H21N5O2. The van der Waals surface area contributed by atoms with Crippen LogP contribution < -0.4 is 5.32 Å². The van der Waals surface area contributed by atoms with E-state index in [0.29, 0.717) is 37.8 Å². The van der Waals surface area contributed by atoms with Crippen molar-refractivity contribution in [2.24, 2.45) is 0 Å². The number of rotatable bonds is 5. The average Bonchev–Trinajstić information content (AvgIpc) is 3.26. The molecule has 0 saturated carbocycles. The van der Waals surface area contributed by atoms with Crippen LogP contribution in [0.2, 0.25) is 0 Å². The molecule has 1 amide bonds. The number of aryl methyl sites for hydroxylation is 1. The van der Waals surface area contributed by atoms with Gasteiger partial charge in [0.05, 0.1) is 25.9 Å². The average molecular weight is 351 g/mol. The van der Waals surface area contributed by atoms with E-state index in [0.717, 1.165) is 12.4 Å². The van der Waals surface area contributed by atoms with Crippen molar-refractivity contribution < 1.29 is 9.21 Å². The lowest BCUT2D eigenvalue weighted by molar-refractivity contribution is -0.124. The van der Waals surface area contributed by atoms with Crippen molar-refractivity contribution in [1.82, 2.24) is 25.0 Å². The second-order valence-corrected chi connectivity index (χ2v) is 6.54. The third kappa shape index (κ3) is 3.67. The van der Waals surface area contributed by atoms with E-state index in [2.05, 4.69) is 45.4 Å². The quantitative estimate of drug-likeness (QED) is 0.759. The molecule has 2 aromatic heterocycles. The molecule has 134 valence electrons. The molecule has 0 unspecified atom stereocenters. The first kappa shape index (κ1) is 16.5. The first-order valence-corrected chi connectivity index (χ1v) is 8.69. The van der Waals surface area contributed by atoms with Crippen LogP contribution in [0.15, 0.2) is 47.1 Å². The summed E-state index contributed by atoms with van der Waals surface area (Å²) in [7, 11) is 0. The second kappa shape index (κ2) is 7.13. The Morgan fingerprint density at radius 1 is 1.23 bits per heavy atom. The maximum Gasteiger partial charge on any atom is 0.234 e. The molecule has 7 heteroatoms. The lowest BCUT2D eigenvalue weighted by Crippen LogP contribution is -2.47. The smallest absolute Gasteiger partial charge is 0.234 e. The summed E-state index contributed by atoms with van der Waals surface area (Å²) in [5.74, 6) is 2.09. The first-order chi connectivity index (χ1) is 12.7. The van der Waals surface area contributed by atoms with Crippen LogP contribution in [0.4, 0.5) is 0 Å². The maximum atomic E-state index is 11.7. The fourth-order valence-electron chi connectivity index (χ4n) is 3.14. The largest absolute Gasteiger partial charge is 0.461 e. The standard InChI is InChI=1S/C19H21N5O2/c1-14-4-2-5-15(10-14)11-24-17(12-23-8-7-20-18(25)13-23)21-19(22-24)16-6-3-9-26-16/h2-6,9-10H,7-8,11-13H2,1H3,(H,20,25). The summed E-state index contributed by atoms with van der Waals surface area (Å²) in [6, 6.07) is 12.0. The van der Waals surface area contributed by atoms with Gasteiger partial charge in [-0.05, 0) is 24.6 Å². The molecule has 1 saturated heterocycles. The number of amides is 1. The highest BCUT2D eigenvalue weighted by Crippen LogP contribution is 2.18. The summed E-state index contributed by atoms with van der Waals surface area (Å²) in [6.07, 6.45) is 1.62. The molecule has 1 N–H and O–H groups in total. The predicted molar refractivity (Wildman–Crippen MR) is 96.3 cm³/mol. The van der Waals surface area contributed by atoms with Gasteiger partial charge in [-0.2, -0.15) is 0 Å². The van der Waals surface area contributed by atoms with Gasteiger partial charge < -0.3 is 9.73 Å². The van der Waals surface area contributed by atoms with Crippen LogP contribution in [0.1, 0.15) is 17.0 Å². The second-order valence-electron chi connectivity index (χ2n) is 6.54. The van der Waals surface area contributed by atoms with Gasteiger partial charge in [0, 0.05) is 13.1 Å². The number of piperazine rings is 1. The third-order valence-corrected chi connectivity index (χ3v) is 4.39. The molecule has 0 spiro atoms. The van der Waals surface area contributed by atoms with Crippen LogP contribution in [0.5, 0.6) is 0 Å². The minimum absolute atomic E-state index is 0.0484. The molecule has 4 rings (SSSR count). The van der Waals surface area contributed by atoms with E-state index in [4.69, 9.17) is 4.42 Å². The Labute approximate surface area is 151 Å². The maximum absolute atomic E-state index is 11.7. The highest BCUT2D eigenvalue weighted by Gasteiger charge is 2.20. The van der Waals surface area contributed by atoms with Crippen molar-refractivity contribution in [1.29, 1.82) is 0 Å². The van der Waals surface area contributed by atoms with E-state index in [1.807, 2.05) is 22.9 Å². The molecule has 0 aliphatic carbocycles. The summed E-state index contributed by atoms with van der Waals surface area (Å²) >= 11 is 0. The van der Waals surface area contributed by atoms with E-state index in [-0.39, 0.29) is 5.91 Å². The fraction of sp³-hybridized carbons (Fsp3) is 0.316. The molecule has 1 aliphatic heterocycles. The van der Waals surface area contributed by atoms with Crippen LogP contribution in [0, 0.1) is 6.92 Å². The van der Waals surface area contributed by atoms with Gasteiger partial charge in [-0.1, -0.05) is 29.8 Å². The van der Waals surface area contributed by atoms with Gasteiger partial charge in [-0.3, -0.25) is 9.69 Å². The van der Waals surface area contributed by atoms with Gasteiger partial charge in [0.25, 0.3) is 0 Å². The van der Waals surface area contributed by atoms with Crippen LogP contribution in [-0.4, -0.2) is 45.2 Å². The predicted octanol–water partition coefficient (Wildman–Crippen LogP) is 1.83. The minimum atomic E-state index is 0.0484. The van der Waals surface area contributed by atoms with Crippen molar-refractivity contribution in [3.8, 4) is 11.6 Å². The SMILES string of the molecule is Cc1cccc(Cn2nc(-c3ccco3)nc2CN2CCNC(=O)C2)c1. The van der Waals surface area contributed by atoms with E-state index in [9.17, 15) is 4.79 Å². The lowest BCUT2D eigenvalue weighted by atomic mass is 10.1. The van der Waals surface area contributed by atoms with Crippen LogP contribution in [0.3, 0.4) is 0 Å². The number of nitrogens with zero attached hydrogens (tertiary/aromatic N) is 4. The molecule has 0 bridgehead atoms. The summed E-state index contributed by atoms with van der Waals surface area (Å²) in [6.45, 7) is 5.13. The van der Waals surface area contributed by atoms with Crippen molar-refractivity contribution in [3.05, 3.63) is 59.6 Å². The number of carbonyl (C=O) groups is 1. The van der Waals surface area contributed by atoms with Crippen molar-refractivity contribution in [3.63, 3.8) is 0 Å². The fourth-order valence-corrected chi connectivity index (χ4v) is 3.14. The topological polar surface area (TPSA) is 76.2 Å². The molecule has 1 fully saturated rings. The van der Waals surface area contributed by atoms with E-state index in [1.54, 1.807) is 6.26 Å². The molecular weight excluding hydrogens is 330 g/mol. The molecule has 0 radical (unpaired) electrons. The Bertz CT molecular complexity index is 901. The van der Waals surface area contributed by atoms with E-state index < -0.39 is 0 Å². The normalized spacial score (nSPS) is 15.2. The van der Waals surface area contributed by atoms with E-state index >= 15 is 0 Å². The number of furan rings is 1. The van der Waals surface area contributed by atoms with Crippen LogP contribution in [-0.2, 0) is 17.9 Å². The molecule has 1 aliphatic rings. The Hall–Kier alpha value is -2.93. The monoisotopic (exact) mass is 351 g/mol. The Kier molecular flexibility index (Phi) is 4.53. The van der Waals surface area contributed by atoms with Crippen LogP contribution >= 0.6 is 0 Å². The number of carbonyl (C=O) groups excluding carboxylic acids is 1. The van der Waals surface area contributed by atoms with Crippen molar-refractivity contribution in [2.75, 3.05) is 19.6 Å². The first-order valence-electron chi connectivity index (χ1n) is 8.69. The Balaban J connectivity index is 1.62. The molecule has 3 heterocycles. The zero-order valence-electron chi connectivity index (χ0n) is 14.7. The molecule has 1 aromatic carbocycles. The van der Waals surface area contributed by atoms with Gasteiger partial charge in [-0.15, -0.1) is 5.10 Å². The van der Waals surface area contributed by atoms with E-state index in [1.165, 1.54) is 11.1 Å². The number of hydrogen-bond acceptors (Lipinski definition) is 5. The van der Waals surface area contributed by atoms with Gasteiger partial charge >= 0.3 is 0 Å². The zero-order valence-corrected chi connectivity index (χ0v) is 14.7. The minimum Gasteiger partial charge on any atom is -0.461 e. The number of benzene rings is 1. The summed E-state index contributed by atoms with van der Waals surface area (Å²) in [5.41, 5.74) is 2.38. The van der Waals surface area contributed by atoms with Crippen LogP contribution in [0.25, 0.3) is 11.6 Å². The van der Waals surface area contributed by atoms with Gasteiger partial charge in [0.2, 0.25) is 11.7 Å². The Morgan fingerprint density at radius 2 is 2.15 bits per heavy atom. The summed E-state index contributed by atoms with van der Waals surface area (Å²) in [4.78, 5) is 18.4. The summed E-state index contributed by atoms with van der Waals surface area (Å²) < 4.78 is 7.35. The molecule has 0 atom stereocenters. The van der Waals surface area contributed by atoms with Gasteiger partial charge in [-0.25, -0.2) is 9.67 Å². The number of hydrogen-bond donors (Lipinski definition) is 1. The highest BCUT2D eigenvalue weighted by atomic mass is 16.3. The molecule has 7 nitrogen and oxygen atoms in total. The number of aromatic nitrogens is 3. The summed E-state index contributed by atoms with van der Waals surface area (Å²) in [5, 5.41) is 7.49. The van der Waals surface area contributed by atoms with Gasteiger partial charge in [0.15, 0.2) is 5.76 Å². The zero-order chi connectivity index (χ0) is 17.9. The highest BCUT2D eigenvalue weighted by molar-refractivity contribution is 5.78. The third-order valence-electron chi connectivity index (χ3n) is 4.39. The van der Waals surface area contributed by atoms with Crippen molar-refractivity contribution >= 4 is 5.91 Å².